The van der Waals surface area contributed by atoms with Gasteiger partial charge in [0.25, 0.3) is 0 Å². The van der Waals surface area contributed by atoms with Crippen LogP contribution in [0, 0.1) is 20.8 Å². The Morgan fingerprint density at radius 3 is 2.53 bits per heavy atom. The quantitative estimate of drug-likeness (QED) is 0.742. The first-order valence-electron chi connectivity index (χ1n) is 4.75. The van der Waals surface area contributed by atoms with E-state index >= 15 is 0 Å². The van der Waals surface area contributed by atoms with Gasteiger partial charge in [0, 0.05) is 0 Å². The second-order valence-corrected chi connectivity index (χ2v) is 3.98. The highest BCUT2D eigenvalue weighted by molar-refractivity contribution is 6.32. The summed E-state index contributed by atoms with van der Waals surface area (Å²) in [5.74, 6) is 1.60. The third kappa shape index (κ3) is 1.88. The molecule has 0 unspecified atom stereocenters. The monoisotopic (exact) mass is 221 g/mol. The summed E-state index contributed by atoms with van der Waals surface area (Å²) in [6.45, 7) is 5.81. The van der Waals surface area contributed by atoms with Gasteiger partial charge in [-0.3, -0.25) is 0 Å². The van der Waals surface area contributed by atoms with Gasteiger partial charge in [-0.15, -0.1) is 0 Å². The summed E-state index contributed by atoms with van der Waals surface area (Å²) in [6, 6.07) is 5.86. The molecule has 1 aromatic heterocycles. The summed E-state index contributed by atoms with van der Waals surface area (Å²) in [6.07, 6.45) is 0. The lowest BCUT2D eigenvalue weighted by molar-refractivity contribution is 0.830. The number of hydrogen-bond donors (Lipinski definition) is 0. The lowest BCUT2D eigenvalue weighted by Crippen LogP contribution is -2.00. The zero-order valence-electron chi connectivity index (χ0n) is 8.95. The van der Waals surface area contributed by atoms with E-state index in [0.29, 0.717) is 5.02 Å². The van der Waals surface area contributed by atoms with Gasteiger partial charge in [-0.05, 0) is 38.5 Å². The van der Waals surface area contributed by atoms with Crippen LogP contribution in [-0.4, -0.2) is 14.8 Å². The van der Waals surface area contributed by atoms with E-state index in [1.165, 1.54) is 0 Å². The molecule has 4 heteroatoms. The SMILES string of the molecule is Cc1ccc(Cl)c(-n2nc(C)nc2C)c1. The molecule has 0 radical (unpaired) electrons. The Morgan fingerprint density at radius 1 is 1.20 bits per heavy atom. The minimum atomic E-state index is 0.689. The first-order valence-corrected chi connectivity index (χ1v) is 5.12. The number of rotatable bonds is 1. The number of aryl methyl sites for hydroxylation is 3. The predicted octanol–water partition coefficient (Wildman–Crippen LogP) is 2.85. The number of halogens is 1. The van der Waals surface area contributed by atoms with Crippen molar-refractivity contribution in [1.82, 2.24) is 14.8 Å². The summed E-state index contributed by atoms with van der Waals surface area (Å²) < 4.78 is 1.77. The fourth-order valence-corrected chi connectivity index (χ4v) is 1.73. The normalized spacial score (nSPS) is 10.7. The number of hydrogen-bond acceptors (Lipinski definition) is 2. The molecule has 15 heavy (non-hydrogen) atoms. The Bertz CT molecular complexity index is 503. The van der Waals surface area contributed by atoms with Crippen LogP contribution in [0.4, 0.5) is 0 Å². The standard InChI is InChI=1S/C11H12ClN3/c1-7-4-5-10(12)11(6-7)15-9(3)13-8(2)14-15/h4-6H,1-3H3. The largest absolute Gasteiger partial charge is 0.217 e. The van der Waals surface area contributed by atoms with Gasteiger partial charge in [0.2, 0.25) is 0 Å². The van der Waals surface area contributed by atoms with Gasteiger partial charge < -0.3 is 0 Å². The van der Waals surface area contributed by atoms with Crippen molar-refractivity contribution in [3.8, 4) is 5.69 Å². The molecule has 0 saturated carbocycles. The van der Waals surface area contributed by atoms with Gasteiger partial charge in [-0.25, -0.2) is 9.67 Å². The lowest BCUT2D eigenvalue weighted by atomic mass is 10.2. The van der Waals surface area contributed by atoms with E-state index in [1.807, 2.05) is 39.0 Å². The van der Waals surface area contributed by atoms with Crippen molar-refractivity contribution in [1.29, 1.82) is 0 Å². The molecule has 2 aromatic rings. The Hall–Kier alpha value is -1.35. The molecule has 2 rings (SSSR count). The molecule has 0 fully saturated rings. The highest BCUT2D eigenvalue weighted by atomic mass is 35.5. The molecular weight excluding hydrogens is 210 g/mol. The van der Waals surface area contributed by atoms with E-state index < -0.39 is 0 Å². The summed E-state index contributed by atoms with van der Waals surface area (Å²) in [5.41, 5.74) is 2.04. The number of aromatic nitrogens is 3. The fraction of sp³-hybridized carbons (Fsp3) is 0.273. The van der Waals surface area contributed by atoms with Crippen molar-refractivity contribution in [3.05, 3.63) is 40.4 Å². The zero-order chi connectivity index (χ0) is 11.0. The molecule has 0 spiro atoms. The fourth-order valence-electron chi connectivity index (χ4n) is 1.53. The minimum Gasteiger partial charge on any atom is -0.217 e. The molecular formula is C11H12ClN3. The maximum absolute atomic E-state index is 6.12. The highest BCUT2D eigenvalue weighted by Crippen LogP contribution is 2.21. The van der Waals surface area contributed by atoms with Crippen LogP contribution in [0.2, 0.25) is 5.02 Å². The lowest BCUT2D eigenvalue weighted by Gasteiger charge is -2.06. The molecule has 0 aliphatic heterocycles. The maximum atomic E-state index is 6.12. The van der Waals surface area contributed by atoms with Crippen molar-refractivity contribution >= 4 is 11.6 Å². The van der Waals surface area contributed by atoms with E-state index in [0.717, 1.165) is 22.9 Å². The number of nitrogens with zero attached hydrogens (tertiary/aromatic N) is 3. The van der Waals surface area contributed by atoms with Crippen LogP contribution in [0.15, 0.2) is 18.2 Å². The Morgan fingerprint density at radius 2 is 1.93 bits per heavy atom. The van der Waals surface area contributed by atoms with Crippen molar-refractivity contribution in [3.63, 3.8) is 0 Å². The van der Waals surface area contributed by atoms with Gasteiger partial charge in [-0.2, -0.15) is 5.10 Å². The van der Waals surface area contributed by atoms with E-state index in [-0.39, 0.29) is 0 Å². The number of benzene rings is 1. The van der Waals surface area contributed by atoms with Gasteiger partial charge in [0.05, 0.1) is 10.7 Å². The average molecular weight is 222 g/mol. The third-order valence-corrected chi connectivity index (χ3v) is 2.52. The van der Waals surface area contributed by atoms with Crippen LogP contribution >= 0.6 is 11.6 Å². The second-order valence-electron chi connectivity index (χ2n) is 3.57. The Balaban J connectivity index is 2.62. The average Bonchev–Trinajstić information content (AvgIpc) is 2.50. The Labute approximate surface area is 93.7 Å². The minimum absolute atomic E-state index is 0.689. The summed E-state index contributed by atoms with van der Waals surface area (Å²) in [4.78, 5) is 4.25. The van der Waals surface area contributed by atoms with E-state index in [2.05, 4.69) is 10.1 Å². The van der Waals surface area contributed by atoms with Crippen LogP contribution in [0.3, 0.4) is 0 Å². The molecule has 1 aromatic carbocycles. The molecule has 3 nitrogen and oxygen atoms in total. The molecule has 0 aliphatic carbocycles. The summed E-state index contributed by atoms with van der Waals surface area (Å²) >= 11 is 6.12. The molecule has 0 aliphatic rings. The van der Waals surface area contributed by atoms with Crippen molar-refractivity contribution in [2.45, 2.75) is 20.8 Å². The third-order valence-electron chi connectivity index (χ3n) is 2.20. The van der Waals surface area contributed by atoms with Gasteiger partial charge in [0.15, 0.2) is 0 Å². The Kier molecular flexibility index (Phi) is 2.49. The van der Waals surface area contributed by atoms with Crippen LogP contribution in [-0.2, 0) is 0 Å². The van der Waals surface area contributed by atoms with Crippen LogP contribution in [0.25, 0.3) is 5.69 Å². The van der Waals surface area contributed by atoms with Crippen molar-refractivity contribution in [2.24, 2.45) is 0 Å². The molecule has 1 heterocycles. The van der Waals surface area contributed by atoms with Crippen molar-refractivity contribution < 1.29 is 0 Å². The molecule has 0 atom stereocenters. The van der Waals surface area contributed by atoms with E-state index in [4.69, 9.17) is 11.6 Å². The van der Waals surface area contributed by atoms with Crippen molar-refractivity contribution in [2.75, 3.05) is 0 Å². The molecule has 0 bridgehead atoms. The van der Waals surface area contributed by atoms with E-state index in [1.54, 1.807) is 4.68 Å². The summed E-state index contributed by atoms with van der Waals surface area (Å²) in [5, 5.41) is 4.99. The maximum Gasteiger partial charge on any atom is 0.148 e. The molecule has 0 saturated heterocycles. The first-order chi connectivity index (χ1) is 7.08. The van der Waals surface area contributed by atoms with Gasteiger partial charge in [-0.1, -0.05) is 17.7 Å². The van der Waals surface area contributed by atoms with Gasteiger partial charge in [0.1, 0.15) is 11.6 Å². The van der Waals surface area contributed by atoms with E-state index in [9.17, 15) is 0 Å². The van der Waals surface area contributed by atoms with Crippen LogP contribution in [0.1, 0.15) is 17.2 Å². The molecule has 78 valence electrons. The predicted molar refractivity (Wildman–Crippen MR) is 60.6 cm³/mol. The van der Waals surface area contributed by atoms with Gasteiger partial charge >= 0.3 is 0 Å². The zero-order valence-corrected chi connectivity index (χ0v) is 9.71. The summed E-state index contributed by atoms with van der Waals surface area (Å²) in [7, 11) is 0. The second kappa shape index (κ2) is 3.66. The smallest absolute Gasteiger partial charge is 0.148 e. The first kappa shape index (κ1) is 10.2. The van der Waals surface area contributed by atoms with Crippen LogP contribution < -0.4 is 0 Å². The van der Waals surface area contributed by atoms with Crippen LogP contribution in [0.5, 0.6) is 0 Å². The molecule has 0 N–H and O–H groups in total. The highest BCUT2D eigenvalue weighted by Gasteiger charge is 2.08. The molecule has 0 amide bonds. The topological polar surface area (TPSA) is 30.7 Å².